The lowest BCUT2D eigenvalue weighted by atomic mass is 9.92. The molecule has 0 saturated heterocycles. The summed E-state index contributed by atoms with van der Waals surface area (Å²) in [5, 5.41) is 17.9. The van der Waals surface area contributed by atoms with E-state index in [9.17, 15) is 14.7 Å². The lowest BCUT2D eigenvalue weighted by Gasteiger charge is -2.34. The molecule has 0 bridgehead atoms. The number of nitrogens with zero attached hydrogens (tertiary/aromatic N) is 1. The van der Waals surface area contributed by atoms with E-state index in [4.69, 9.17) is 9.84 Å². The molecule has 2 N–H and O–H groups in total. The number of carboxylic acid groups (broad SMARTS) is 2. The van der Waals surface area contributed by atoms with Gasteiger partial charge < -0.3 is 14.9 Å². The number of rotatable bonds is 6. The smallest absolute Gasteiger partial charge is 0.329 e. The van der Waals surface area contributed by atoms with E-state index in [0.717, 1.165) is 17.5 Å². The van der Waals surface area contributed by atoms with Crippen LogP contribution in [0.4, 0.5) is 0 Å². The molecule has 0 saturated carbocycles. The fourth-order valence-electron chi connectivity index (χ4n) is 2.49. The molecule has 0 aromatic heterocycles. The average Bonchev–Trinajstić information content (AvgIpc) is 2.42. The highest BCUT2D eigenvalue weighted by Crippen LogP contribution is 2.29. The number of hydrogen-bond acceptors (Lipinski definition) is 4. The number of benzene rings is 1. The van der Waals surface area contributed by atoms with Gasteiger partial charge in [0.05, 0.1) is 6.61 Å². The molecule has 0 aliphatic carbocycles. The van der Waals surface area contributed by atoms with Crippen molar-refractivity contribution in [3.05, 3.63) is 35.4 Å². The molecule has 0 radical (unpaired) electrons. The van der Waals surface area contributed by atoms with Crippen LogP contribution in [0.2, 0.25) is 0 Å². The standard InChI is InChI=1S/C14H17NO5/c16-12(17)9-20-8-7-15-6-5-10-3-1-2-4-11(10)13(15)14(18)19/h1-4,13H,5-9H2,(H,16,17)(H,18,19). The van der Waals surface area contributed by atoms with Crippen LogP contribution in [0.1, 0.15) is 17.2 Å². The van der Waals surface area contributed by atoms with Gasteiger partial charge in [-0.25, -0.2) is 4.79 Å². The minimum atomic E-state index is -1.02. The highest BCUT2D eigenvalue weighted by Gasteiger charge is 2.32. The molecule has 1 unspecified atom stereocenters. The zero-order valence-electron chi connectivity index (χ0n) is 11.0. The maximum Gasteiger partial charge on any atom is 0.329 e. The van der Waals surface area contributed by atoms with Crippen molar-refractivity contribution in [1.82, 2.24) is 4.90 Å². The summed E-state index contributed by atoms with van der Waals surface area (Å²) in [6.45, 7) is 0.878. The van der Waals surface area contributed by atoms with Crippen LogP contribution < -0.4 is 0 Å². The van der Waals surface area contributed by atoms with Gasteiger partial charge >= 0.3 is 11.9 Å². The van der Waals surface area contributed by atoms with Crippen LogP contribution in [0.3, 0.4) is 0 Å². The van der Waals surface area contributed by atoms with Crippen molar-refractivity contribution < 1.29 is 24.5 Å². The van der Waals surface area contributed by atoms with Crippen LogP contribution in [0.25, 0.3) is 0 Å². The number of carboxylic acids is 2. The van der Waals surface area contributed by atoms with Crippen molar-refractivity contribution in [3.63, 3.8) is 0 Å². The molecule has 1 aromatic carbocycles. The van der Waals surface area contributed by atoms with Crippen molar-refractivity contribution >= 4 is 11.9 Å². The maximum atomic E-state index is 11.5. The van der Waals surface area contributed by atoms with Gasteiger partial charge in [0.1, 0.15) is 12.6 Å². The highest BCUT2D eigenvalue weighted by atomic mass is 16.5. The lowest BCUT2D eigenvalue weighted by molar-refractivity contribution is -0.146. The van der Waals surface area contributed by atoms with Crippen LogP contribution in [0.5, 0.6) is 0 Å². The Kier molecular flexibility index (Phi) is 4.70. The van der Waals surface area contributed by atoms with E-state index >= 15 is 0 Å². The third-order valence-electron chi connectivity index (χ3n) is 3.37. The molecule has 1 aliphatic heterocycles. The second-order valence-electron chi connectivity index (χ2n) is 4.67. The molecule has 2 rings (SSSR count). The second-order valence-corrected chi connectivity index (χ2v) is 4.67. The van der Waals surface area contributed by atoms with E-state index in [1.165, 1.54) is 0 Å². The van der Waals surface area contributed by atoms with Crippen molar-refractivity contribution in [2.24, 2.45) is 0 Å². The lowest BCUT2D eigenvalue weighted by Crippen LogP contribution is -2.41. The summed E-state index contributed by atoms with van der Waals surface area (Å²) >= 11 is 0. The molecule has 0 amide bonds. The zero-order valence-corrected chi connectivity index (χ0v) is 11.0. The van der Waals surface area contributed by atoms with E-state index in [1.807, 2.05) is 29.2 Å². The third kappa shape index (κ3) is 3.34. The van der Waals surface area contributed by atoms with Crippen molar-refractivity contribution in [3.8, 4) is 0 Å². The molecule has 108 valence electrons. The maximum absolute atomic E-state index is 11.5. The van der Waals surface area contributed by atoms with E-state index in [1.54, 1.807) is 0 Å². The van der Waals surface area contributed by atoms with Gasteiger partial charge in [-0.05, 0) is 17.5 Å². The van der Waals surface area contributed by atoms with Gasteiger partial charge in [0, 0.05) is 13.1 Å². The largest absolute Gasteiger partial charge is 0.480 e. The Bertz CT molecular complexity index is 502. The Labute approximate surface area is 116 Å². The van der Waals surface area contributed by atoms with Gasteiger partial charge in [-0.3, -0.25) is 9.69 Å². The number of aliphatic carboxylic acids is 2. The second kappa shape index (κ2) is 6.49. The van der Waals surface area contributed by atoms with Crippen LogP contribution in [0, 0.1) is 0 Å². The van der Waals surface area contributed by atoms with Gasteiger partial charge in [-0.15, -0.1) is 0 Å². The van der Waals surface area contributed by atoms with Gasteiger partial charge in [0.25, 0.3) is 0 Å². The molecule has 6 heteroatoms. The summed E-state index contributed by atoms with van der Waals surface area (Å²) < 4.78 is 4.98. The molecular formula is C14H17NO5. The summed E-state index contributed by atoms with van der Waals surface area (Å²) in [5.74, 6) is -1.92. The summed E-state index contributed by atoms with van der Waals surface area (Å²) in [5.41, 5.74) is 1.87. The first-order valence-electron chi connectivity index (χ1n) is 6.44. The van der Waals surface area contributed by atoms with Gasteiger partial charge in [0.15, 0.2) is 0 Å². The molecule has 20 heavy (non-hydrogen) atoms. The fraction of sp³-hybridized carbons (Fsp3) is 0.429. The van der Waals surface area contributed by atoms with Crippen molar-refractivity contribution in [2.45, 2.75) is 12.5 Å². The van der Waals surface area contributed by atoms with Gasteiger partial charge in [-0.1, -0.05) is 24.3 Å². The van der Waals surface area contributed by atoms with E-state index < -0.39 is 18.0 Å². The fourth-order valence-corrected chi connectivity index (χ4v) is 2.49. The van der Waals surface area contributed by atoms with Crippen LogP contribution in [-0.4, -0.2) is 53.4 Å². The monoisotopic (exact) mass is 279 g/mol. The Balaban J connectivity index is 2.03. The summed E-state index contributed by atoms with van der Waals surface area (Å²) in [4.78, 5) is 23.7. The van der Waals surface area contributed by atoms with E-state index in [2.05, 4.69) is 0 Å². The molecule has 0 spiro atoms. The van der Waals surface area contributed by atoms with Crippen molar-refractivity contribution in [1.29, 1.82) is 0 Å². The molecule has 1 aliphatic rings. The number of hydrogen-bond donors (Lipinski definition) is 2. The first-order valence-corrected chi connectivity index (χ1v) is 6.44. The summed E-state index contributed by atoms with van der Waals surface area (Å²) in [7, 11) is 0. The van der Waals surface area contributed by atoms with Crippen LogP contribution >= 0.6 is 0 Å². The normalized spacial score (nSPS) is 18.5. The van der Waals surface area contributed by atoms with E-state index in [-0.39, 0.29) is 13.2 Å². The molecule has 1 aromatic rings. The quantitative estimate of drug-likeness (QED) is 0.748. The van der Waals surface area contributed by atoms with Crippen LogP contribution in [-0.2, 0) is 20.7 Å². The molecule has 1 atom stereocenters. The number of ether oxygens (including phenoxy) is 1. The Hall–Kier alpha value is -1.92. The topological polar surface area (TPSA) is 87.1 Å². The van der Waals surface area contributed by atoms with Crippen LogP contribution in [0.15, 0.2) is 24.3 Å². The zero-order chi connectivity index (χ0) is 14.5. The van der Waals surface area contributed by atoms with Gasteiger partial charge in [-0.2, -0.15) is 0 Å². The molecule has 0 fully saturated rings. The summed E-state index contributed by atoms with van der Waals surface area (Å²) in [6.07, 6.45) is 0.791. The summed E-state index contributed by atoms with van der Waals surface area (Å²) in [6, 6.07) is 6.83. The Morgan fingerprint density at radius 3 is 2.75 bits per heavy atom. The Morgan fingerprint density at radius 2 is 2.05 bits per heavy atom. The molecule has 6 nitrogen and oxygen atoms in total. The molecular weight excluding hydrogens is 262 g/mol. The highest BCUT2D eigenvalue weighted by molar-refractivity contribution is 5.76. The molecule has 1 heterocycles. The third-order valence-corrected chi connectivity index (χ3v) is 3.37. The minimum Gasteiger partial charge on any atom is -0.480 e. The predicted molar refractivity (Wildman–Crippen MR) is 70.6 cm³/mol. The minimum absolute atomic E-state index is 0.207. The predicted octanol–water partition coefficient (Wildman–Crippen LogP) is 0.772. The van der Waals surface area contributed by atoms with Crippen molar-refractivity contribution in [2.75, 3.05) is 26.3 Å². The number of fused-ring (bicyclic) bond motifs is 1. The first-order chi connectivity index (χ1) is 9.59. The first kappa shape index (κ1) is 14.5. The van der Waals surface area contributed by atoms with Gasteiger partial charge in [0.2, 0.25) is 0 Å². The SMILES string of the molecule is O=C(O)COCCN1CCc2ccccc2C1C(=O)O. The van der Waals surface area contributed by atoms with E-state index in [0.29, 0.717) is 13.1 Å². The number of carbonyl (C=O) groups is 2. The Morgan fingerprint density at radius 1 is 1.30 bits per heavy atom. The average molecular weight is 279 g/mol.